The number of hydrogen-bond acceptors (Lipinski definition) is 2. The van der Waals surface area contributed by atoms with Crippen molar-refractivity contribution in [2.24, 2.45) is 5.92 Å². The molecule has 1 aliphatic heterocycles. The highest BCUT2D eigenvalue weighted by molar-refractivity contribution is 4.78. The third kappa shape index (κ3) is 1.70. The summed E-state index contributed by atoms with van der Waals surface area (Å²) in [6, 6.07) is 1.28. The molecule has 0 aromatic heterocycles. The van der Waals surface area contributed by atoms with E-state index in [1.54, 1.807) is 0 Å². The Bertz CT molecular complexity index is 103. The molecule has 10 heavy (non-hydrogen) atoms. The standard InChI is InChI=1S/C8H18N2/c1-4-8-5-6(2)9-10-7(8)3/h6-10H,4-5H2,1-3H3. The van der Waals surface area contributed by atoms with Crippen molar-refractivity contribution >= 4 is 0 Å². The zero-order valence-electron chi connectivity index (χ0n) is 7.15. The fourth-order valence-corrected chi connectivity index (χ4v) is 1.63. The smallest absolute Gasteiger partial charge is 0.0213 e. The molecule has 2 N–H and O–H groups in total. The van der Waals surface area contributed by atoms with Gasteiger partial charge < -0.3 is 0 Å². The summed E-state index contributed by atoms with van der Waals surface area (Å²) < 4.78 is 0. The Morgan fingerprint density at radius 1 is 1.30 bits per heavy atom. The third-order valence-electron chi connectivity index (χ3n) is 2.45. The van der Waals surface area contributed by atoms with Gasteiger partial charge in [-0.25, -0.2) is 0 Å². The highest BCUT2D eigenvalue weighted by Crippen LogP contribution is 2.17. The molecular weight excluding hydrogens is 124 g/mol. The Balaban J connectivity index is 2.38. The van der Waals surface area contributed by atoms with E-state index in [9.17, 15) is 0 Å². The molecule has 0 aliphatic carbocycles. The van der Waals surface area contributed by atoms with Crippen LogP contribution in [-0.4, -0.2) is 12.1 Å². The molecule has 0 bridgehead atoms. The summed E-state index contributed by atoms with van der Waals surface area (Å²) in [5.74, 6) is 0.858. The molecule has 2 heteroatoms. The average Bonchev–Trinajstić information content (AvgIpc) is 1.94. The summed E-state index contributed by atoms with van der Waals surface area (Å²) in [7, 11) is 0. The Morgan fingerprint density at radius 2 is 2.00 bits per heavy atom. The van der Waals surface area contributed by atoms with Gasteiger partial charge in [0.25, 0.3) is 0 Å². The summed E-state index contributed by atoms with van der Waals surface area (Å²) in [5.41, 5.74) is 6.53. The number of hydrazine groups is 1. The lowest BCUT2D eigenvalue weighted by Crippen LogP contribution is -2.53. The molecule has 2 nitrogen and oxygen atoms in total. The van der Waals surface area contributed by atoms with Crippen molar-refractivity contribution in [2.45, 2.75) is 45.7 Å². The van der Waals surface area contributed by atoms with Gasteiger partial charge in [0.1, 0.15) is 0 Å². The fourth-order valence-electron chi connectivity index (χ4n) is 1.63. The van der Waals surface area contributed by atoms with Crippen LogP contribution >= 0.6 is 0 Å². The van der Waals surface area contributed by atoms with Gasteiger partial charge in [-0.2, -0.15) is 0 Å². The first kappa shape index (κ1) is 8.02. The molecule has 0 spiro atoms. The quantitative estimate of drug-likeness (QED) is 0.576. The van der Waals surface area contributed by atoms with Crippen LogP contribution in [0.25, 0.3) is 0 Å². The molecule has 0 saturated carbocycles. The van der Waals surface area contributed by atoms with Gasteiger partial charge in [-0.15, -0.1) is 0 Å². The van der Waals surface area contributed by atoms with Crippen molar-refractivity contribution in [3.63, 3.8) is 0 Å². The van der Waals surface area contributed by atoms with Gasteiger partial charge in [-0.1, -0.05) is 13.3 Å². The lowest BCUT2D eigenvalue weighted by Gasteiger charge is -2.33. The topological polar surface area (TPSA) is 24.1 Å². The van der Waals surface area contributed by atoms with Crippen LogP contribution in [0.5, 0.6) is 0 Å². The maximum Gasteiger partial charge on any atom is 0.0213 e. The second-order valence-corrected chi connectivity index (χ2v) is 3.38. The molecule has 1 rings (SSSR count). The van der Waals surface area contributed by atoms with Gasteiger partial charge in [0.05, 0.1) is 0 Å². The van der Waals surface area contributed by atoms with Crippen LogP contribution in [0.2, 0.25) is 0 Å². The Labute approximate surface area is 63.4 Å². The molecule has 0 radical (unpaired) electrons. The molecule has 1 aliphatic rings. The van der Waals surface area contributed by atoms with E-state index in [0.29, 0.717) is 12.1 Å². The van der Waals surface area contributed by atoms with E-state index in [1.165, 1.54) is 12.8 Å². The van der Waals surface area contributed by atoms with Crippen molar-refractivity contribution < 1.29 is 0 Å². The molecule has 60 valence electrons. The van der Waals surface area contributed by atoms with Crippen LogP contribution in [0.3, 0.4) is 0 Å². The van der Waals surface area contributed by atoms with Crippen molar-refractivity contribution in [3.05, 3.63) is 0 Å². The molecule has 1 heterocycles. The Morgan fingerprint density at radius 3 is 2.50 bits per heavy atom. The van der Waals surface area contributed by atoms with Crippen molar-refractivity contribution in [1.82, 2.24) is 10.9 Å². The summed E-state index contributed by atoms with van der Waals surface area (Å²) in [5, 5.41) is 0. The maximum absolute atomic E-state index is 3.28. The van der Waals surface area contributed by atoms with E-state index < -0.39 is 0 Å². The van der Waals surface area contributed by atoms with Crippen LogP contribution in [-0.2, 0) is 0 Å². The van der Waals surface area contributed by atoms with Gasteiger partial charge in [-0.3, -0.25) is 10.9 Å². The second-order valence-electron chi connectivity index (χ2n) is 3.38. The summed E-state index contributed by atoms with van der Waals surface area (Å²) >= 11 is 0. The first-order valence-electron chi connectivity index (χ1n) is 4.25. The molecule has 1 fully saturated rings. The van der Waals surface area contributed by atoms with Crippen LogP contribution in [0.15, 0.2) is 0 Å². The van der Waals surface area contributed by atoms with Gasteiger partial charge >= 0.3 is 0 Å². The molecular formula is C8H18N2. The summed E-state index contributed by atoms with van der Waals surface area (Å²) in [6.07, 6.45) is 2.60. The van der Waals surface area contributed by atoms with Crippen LogP contribution < -0.4 is 10.9 Å². The van der Waals surface area contributed by atoms with Gasteiger partial charge in [0.15, 0.2) is 0 Å². The van der Waals surface area contributed by atoms with Gasteiger partial charge in [-0.05, 0) is 26.2 Å². The molecule has 1 saturated heterocycles. The predicted molar refractivity (Wildman–Crippen MR) is 43.6 cm³/mol. The third-order valence-corrected chi connectivity index (χ3v) is 2.45. The van der Waals surface area contributed by atoms with E-state index in [1.807, 2.05) is 0 Å². The molecule has 0 amide bonds. The maximum atomic E-state index is 3.28. The zero-order valence-corrected chi connectivity index (χ0v) is 7.15. The van der Waals surface area contributed by atoms with Gasteiger partial charge in [0.2, 0.25) is 0 Å². The first-order valence-corrected chi connectivity index (χ1v) is 4.25. The lowest BCUT2D eigenvalue weighted by atomic mass is 9.90. The normalized spacial score (nSPS) is 41.7. The highest BCUT2D eigenvalue weighted by atomic mass is 15.4. The second kappa shape index (κ2) is 3.35. The monoisotopic (exact) mass is 142 g/mol. The number of rotatable bonds is 1. The lowest BCUT2D eigenvalue weighted by molar-refractivity contribution is 0.210. The Hall–Kier alpha value is -0.0800. The summed E-state index contributed by atoms with van der Waals surface area (Å²) in [4.78, 5) is 0. The van der Waals surface area contributed by atoms with E-state index in [4.69, 9.17) is 0 Å². The van der Waals surface area contributed by atoms with E-state index >= 15 is 0 Å². The fraction of sp³-hybridized carbons (Fsp3) is 1.00. The van der Waals surface area contributed by atoms with Crippen molar-refractivity contribution in [1.29, 1.82) is 0 Å². The molecule has 0 aromatic rings. The largest absolute Gasteiger partial charge is 0.255 e. The molecule has 3 atom stereocenters. The molecule has 0 aromatic carbocycles. The Kier molecular flexibility index (Phi) is 2.69. The predicted octanol–water partition coefficient (Wildman–Crippen LogP) is 1.29. The SMILES string of the molecule is CCC1CC(C)NNC1C. The van der Waals surface area contributed by atoms with Crippen LogP contribution in [0.1, 0.15) is 33.6 Å². The minimum atomic E-state index is 0.640. The van der Waals surface area contributed by atoms with E-state index in [2.05, 4.69) is 31.6 Å². The summed E-state index contributed by atoms with van der Waals surface area (Å²) in [6.45, 7) is 6.73. The molecule has 3 unspecified atom stereocenters. The van der Waals surface area contributed by atoms with Crippen LogP contribution in [0.4, 0.5) is 0 Å². The average molecular weight is 142 g/mol. The van der Waals surface area contributed by atoms with Crippen molar-refractivity contribution in [3.8, 4) is 0 Å². The zero-order chi connectivity index (χ0) is 7.56. The first-order chi connectivity index (χ1) is 4.74. The minimum absolute atomic E-state index is 0.640. The number of nitrogens with one attached hydrogen (secondary N) is 2. The van der Waals surface area contributed by atoms with E-state index in [0.717, 1.165) is 5.92 Å². The van der Waals surface area contributed by atoms with Gasteiger partial charge in [0, 0.05) is 12.1 Å². The minimum Gasteiger partial charge on any atom is -0.255 e. The van der Waals surface area contributed by atoms with Crippen LogP contribution in [0, 0.1) is 5.92 Å². The van der Waals surface area contributed by atoms with E-state index in [-0.39, 0.29) is 0 Å². The van der Waals surface area contributed by atoms with Crippen molar-refractivity contribution in [2.75, 3.05) is 0 Å². The number of hydrogen-bond donors (Lipinski definition) is 2. The highest BCUT2D eigenvalue weighted by Gasteiger charge is 2.22.